The van der Waals surface area contributed by atoms with Crippen molar-refractivity contribution in [3.63, 3.8) is 0 Å². The number of halogens is 4. The standard InChI is InChI=1S/C15H10ClF3OS/c16-12-4-1-10(2-5-12)9-21(20)8-7-11-3-6-13(17)15(19)14(11)18/h1-8H,9H2. The molecule has 0 N–H and O–H groups in total. The van der Waals surface area contributed by atoms with Gasteiger partial charge in [0.15, 0.2) is 17.5 Å². The Bertz CT molecular complexity index is 659. The van der Waals surface area contributed by atoms with Gasteiger partial charge < -0.3 is 4.55 Å². The number of rotatable bonds is 4. The summed E-state index contributed by atoms with van der Waals surface area (Å²) >= 11 is 4.33. The number of benzene rings is 2. The lowest BCUT2D eigenvalue weighted by atomic mass is 10.2. The van der Waals surface area contributed by atoms with Crippen molar-refractivity contribution < 1.29 is 17.7 Å². The largest absolute Gasteiger partial charge is 0.612 e. The molecule has 2 aromatic carbocycles. The molecule has 0 bridgehead atoms. The second-order valence-electron chi connectivity index (χ2n) is 4.22. The molecular weight excluding hydrogens is 321 g/mol. The molecule has 1 unspecified atom stereocenters. The van der Waals surface area contributed by atoms with Crippen LogP contribution in [0.4, 0.5) is 13.2 Å². The van der Waals surface area contributed by atoms with E-state index in [0.717, 1.165) is 17.7 Å². The molecule has 1 atom stereocenters. The molecule has 0 saturated heterocycles. The third kappa shape index (κ3) is 4.27. The molecule has 21 heavy (non-hydrogen) atoms. The zero-order valence-corrected chi connectivity index (χ0v) is 12.2. The SMILES string of the molecule is [O-][S+](C=Cc1ccc(F)c(F)c1F)Cc1ccc(Cl)cc1. The fraction of sp³-hybridized carbons (Fsp3) is 0.0667. The summed E-state index contributed by atoms with van der Waals surface area (Å²) in [5, 5.41) is 1.81. The first-order chi connectivity index (χ1) is 9.97. The van der Waals surface area contributed by atoms with Crippen LogP contribution in [0.5, 0.6) is 0 Å². The summed E-state index contributed by atoms with van der Waals surface area (Å²) in [4.78, 5) is 0. The van der Waals surface area contributed by atoms with Gasteiger partial charge in [-0.1, -0.05) is 23.7 Å². The number of hydrogen-bond donors (Lipinski definition) is 0. The van der Waals surface area contributed by atoms with Gasteiger partial charge in [0.25, 0.3) is 0 Å². The molecule has 0 radical (unpaired) electrons. The maximum absolute atomic E-state index is 13.4. The van der Waals surface area contributed by atoms with Gasteiger partial charge in [-0.05, 0) is 41.5 Å². The topological polar surface area (TPSA) is 23.1 Å². The second kappa shape index (κ2) is 7.02. The van der Waals surface area contributed by atoms with E-state index >= 15 is 0 Å². The Hall–Kier alpha value is -1.43. The van der Waals surface area contributed by atoms with Gasteiger partial charge in [0.05, 0.1) is 0 Å². The maximum atomic E-state index is 13.4. The predicted molar refractivity (Wildman–Crippen MR) is 78.6 cm³/mol. The summed E-state index contributed by atoms with van der Waals surface area (Å²) in [7, 11) is 0. The molecule has 110 valence electrons. The molecule has 2 rings (SSSR count). The van der Waals surface area contributed by atoms with Gasteiger partial charge in [-0.2, -0.15) is 0 Å². The average Bonchev–Trinajstić information content (AvgIpc) is 2.46. The summed E-state index contributed by atoms with van der Waals surface area (Å²) in [6.07, 6.45) is 1.17. The first-order valence-corrected chi connectivity index (χ1v) is 7.66. The summed E-state index contributed by atoms with van der Waals surface area (Å²) in [5.41, 5.74) is 0.645. The van der Waals surface area contributed by atoms with Crippen molar-refractivity contribution in [3.8, 4) is 0 Å². The van der Waals surface area contributed by atoms with E-state index in [2.05, 4.69) is 0 Å². The second-order valence-corrected chi connectivity index (χ2v) is 5.98. The van der Waals surface area contributed by atoms with E-state index in [9.17, 15) is 17.7 Å². The van der Waals surface area contributed by atoms with Crippen LogP contribution in [-0.4, -0.2) is 4.55 Å². The van der Waals surface area contributed by atoms with Crippen LogP contribution in [0, 0.1) is 17.5 Å². The Kier molecular flexibility index (Phi) is 5.33. The fourth-order valence-electron chi connectivity index (χ4n) is 1.61. The lowest BCUT2D eigenvalue weighted by Gasteiger charge is -2.06. The Morgan fingerprint density at radius 2 is 1.67 bits per heavy atom. The molecule has 0 saturated carbocycles. The third-order valence-corrected chi connectivity index (χ3v) is 4.00. The summed E-state index contributed by atoms with van der Waals surface area (Å²) < 4.78 is 51.0. The molecule has 2 aromatic rings. The van der Waals surface area contributed by atoms with Crippen LogP contribution < -0.4 is 0 Å². The quantitative estimate of drug-likeness (QED) is 0.590. The van der Waals surface area contributed by atoms with Crippen LogP contribution in [0.25, 0.3) is 6.08 Å². The van der Waals surface area contributed by atoms with Crippen molar-refractivity contribution in [3.05, 3.63) is 75.4 Å². The van der Waals surface area contributed by atoms with Crippen molar-refractivity contribution in [1.82, 2.24) is 0 Å². The van der Waals surface area contributed by atoms with Gasteiger partial charge in [0.2, 0.25) is 0 Å². The zero-order chi connectivity index (χ0) is 15.4. The molecule has 0 spiro atoms. The van der Waals surface area contributed by atoms with E-state index < -0.39 is 28.6 Å². The minimum Gasteiger partial charge on any atom is -0.612 e. The van der Waals surface area contributed by atoms with E-state index in [1.807, 2.05) is 0 Å². The highest BCUT2D eigenvalue weighted by Crippen LogP contribution is 2.18. The van der Waals surface area contributed by atoms with Crippen molar-refractivity contribution in [1.29, 1.82) is 0 Å². The van der Waals surface area contributed by atoms with Crippen LogP contribution >= 0.6 is 11.6 Å². The molecule has 0 fully saturated rings. The third-order valence-electron chi connectivity index (χ3n) is 2.69. The van der Waals surface area contributed by atoms with Crippen LogP contribution in [0.2, 0.25) is 5.02 Å². The Balaban J connectivity index is 2.07. The lowest BCUT2D eigenvalue weighted by molar-refractivity contribution is 0.446. The van der Waals surface area contributed by atoms with E-state index in [4.69, 9.17) is 11.6 Å². The van der Waals surface area contributed by atoms with Crippen molar-refractivity contribution in [2.75, 3.05) is 0 Å². The Morgan fingerprint density at radius 1 is 1.00 bits per heavy atom. The summed E-state index contributed by atoms with van der Waals surface area (Å²) in [5.74, 6) is -3.87. The van der Waals surface area contributed by atoms with Gasteiger partial charge in [0.1, 0.15) is 11.2 Å². The van der Waals surface area contributed by atoms with Gasteiger partial charge in [-0.25, -0.2) is 13.2 Å². The smallest absolute Gasteiger partial charge is 0.195 e. The first kappa shape index (κ1) is 15.9. The molecule has 0 amide bonds. The molecule has 0 aromatic heterocycles. The average molecular weight is 331 g/mol. The summed E-state index contributed by atoms with van der Waals surface area (Å²) in [6, 6.07) is 8.71. The summed E-state index contributed by atoms with van der Waals surface area (Å²) in [6.45, 7) is 0. The minimum absolute atomic E-state index is 0.154. The first-order valence-electron chi connectivity index (χ1n) is 5.90. The highest BCUT2D eigenvalue weighted by molar-refractivity contribution is 7.93. The fourth-order valence-corrected chi connectivity index (χ4v) is 2.65. The minimum atomic E-state index is -1.54. The normalized spacial score (nSPS) is 12.8. The molecule has 0 heterocycles. The van der Waals surface area contributed by atoms with E-state index in [1.165, 1.54) is 11.5 Å². The van der Waals surface area contributed by atoms with Crippen molar-refractivity contribution in [2.24, 2.45) is 0 Å². The van der Waals surface area contributed by atoms with E-state index in [-0.39, 0.29) is 11.3 Å². The molecule has 0 aliphatic carbocycles. The maximum Gasteiger partial charge on any atom is 0.195 e. The molecular formula is C15H10ClF3OS. The predicted octanol–water partition coefficient (Wildman–Crippen LogP) is 4.68. The zero-order valence-electron chi connectivity index (χ0n) is 10.7. The highest BCUT2D eigenvalue weighted by atomic mass is 35.5. The monoisotopic (exact) mass is 330 g/mol. The molecule has 0 aliphatic heterocycles. The van der Waals surface area contributed by atoms with E-state index in [0.29, 0.717) is 5.02 Å². The van der Waals surface area contributed by atoms with Gasteiger partial charge in [-0.15, -0.1) is 0 Å². The van der Waals surface area contributed by atoms with Crippen LogP contribution in [0.1, 0.15) is 11.1 Å². The van der Waals surface area contributed by atoms with Gasteiger partial charge in [-0.3, -0.25) is 0 Å². The van der Waals surface area contributed by atoms with Crippen molar-refractivity contribution >= 4 is 28.9 Å². The van der Waals surface area contributed by atoms with Crippen LogP contribution in [0.3, 0.4) is 0 Å². The molecule has 6 heteroatoms. The van der Waals surface area contributed by atoms with Crippen LogP contribution in [0.15, 0.2) is 41.8 Å². The van der Waals surface area contributed by atoms with Gasteiger partial charge in [0, 0.05) is 16.1 Å². The van der Waals surface area contributed by atoms with Crippen molar-refractivity contribution in [2.45, 2.75) is 5.75 Å². The Morgan fingerprint density at radius 3 is 2.33 bits per heavy atom. The Labute approximate surface area is 128 Å². The number of hydrogen-bond acceptors (Lipinski definition) is 1. The molecule has 1 nitrogen and oxygen atoms in total. The van der Waals surface area contributed by atoms with Gasteiger partial charge >= 0.3 is 0 Å². The lowest BCUT2D eigenvalue weighted by Crippen LogP contribution is -2.00. The van der Waals surface area contributed by atoms with Crippen LogP contribution in [-0.2, 0) is 16.9 Å². The highest BCUT2D eigenvalue weighted by Gasteiger charge is 2.12. The molecule has 0 aliphatic rings. The van der Waals surface area contributed by atoms with E-state index in [1.54, 1.807) is 24.3 Å².